The molecule has 0 spiro atoms. The predicted molar refractivity (Wildman–Crippen MR) is 63.1 cm³/mol. The number of benzene rings is 1. The fourth-order valence-corrected chi connectivity index (χ4v) is 1.99. The Kier molecular flexibility index (Phi) is 3.19. The lowest BCUT2D eigenvalue weighted by atomic mass is 10.1. The summed E-state index contributed by atoms with van der Waals surface area (Å²) in [6.45, 7) is 4.04. The number of carbonyl (C=O) groups is 1. The Hall–Kier alpha value is -1.75. The van der Waals surface area contributed by atoms with Crippen molar-refractivity contribution >= 4 is 5.91 Å². The Bertz CT molecular complexity index is 434. The highest BCUT2D eigenvalue weighted by Crippen LogP contribution is 2.24. The van der Waals surface area contributed by atoms with E-state index in [0.29, 0.717) is 6.54 Å². The average Bonchev–Trinajstić information content (AvgIpc) is 2.32. The first-order chi connectivity index (χ1) is 8.09. The van der Waals surface area contributed by atoms with E-state index in [1.54, 1.807) is 4.90 Å². The molecule has 1 heterocycles. The first-order valence-corrected chi connectivity index (χ1v) is 5.63. The van der Waals surface area contributed by atoms with Crippen LogP contribution in [-0.2, 0) is 0 Å². The van der Waals surface area contributed by atoms with Gasteiger partial charge < -0.3 is 20.4 Å². The van der Waals surface area contributed by atoms with Crippen molar-refractivity contribution in [3.05, 3.63) is 23.8 Å². The molecular formula is C12H16N2O3. The van der Waals surface area contributed by atoms with Gasteiger partial charge >= 0.3 is 0 Å². The van der Waals surface area contributed by atoms with Crippen LogP contribution in [0.15, 0.2) is 18.2 Å². The van der Waals surface area contributed by atoms with Gasteiger partial charge in [0.05, 0.1) is 5.56 Å². The first kappa shape index (κ1) is 11.7. The molecule has 1 amide bonds. The zero-order chi connectivity index (χ0) is 12.4. The van der Waals surface area contributed by atoms with Crippen LogP contribution < -0.4 is 5.32 Å². The number of rotatable bonds is 1. The number of carbonyl (C=O) groups excluding carboxylic acids is 1. The van der Waals surface area contributed by atoms with Gasteiger partial charge in [-0.1, -0.05) is 0 Å². The van der Waals surface area contributed by atoms with Gasteiger partial charge in [-0.3, -0.25) is 4.79 Å². The summed E-state index contributed by atoms with van der Waals surface area (Å²) in [4.78, 5) is 13.9. The topological polar surface area (TPSA) is 72.8 Å². The van der Waals surface area contributed by atoms with Crippen molar-refractivity contribution in [2.75, 3.05) is 19.6 Å². The number of phenolic OH excluding ortho intramolecular Hbond substituents is 2. The summed E-state index contributed by atoms with van der Waals surface area (Å²) in [5.74, 6) is -0.361. The van der Waals surface area contributed by atoms with Crippen molar-refractivity contribution in [2.45, 2.75) is 13.0 Å². The van der Waals surface area contributed by atoms with Gasteiger partial charge in [0.15, 0.2) is 0 Å². The summed E-state index contributed by atoms with van der Waals surface area (Å²) in [5.41, 5.74) is 0.152. The first-order valence-electron chi connectivity index (χ1n) is 5.63. The second kappa shape index (κ2) is 4.63. The Morgan fingerprint density at radius 1 is 1.47 bits per heavy atom. The molecule has 3 N–H and O–H groups in total. The number of hydrogen-bond acceptors (Lipinski definition) is 4. The molecular weight excluding hydrogens is 220 g/mol. The van der Waals surface area contributed by atoms with Gasteiger partial charge in [-0.25, -0.2) is 0 Å². The van der Waals surface area contributed by atoms with Crippen LogP contribution in [-0.4, -0.2) is 46.7 Å². The molecule has 5 heteroatoms. The molecule has 1 fully saturated rings. The SMILES string of the molecule is C[C@@H]1CNCCN1C(=O)c1cc(O)ccc1O. The zero-order valence-electron chi connectivity index (χ0n) is 9.68. The van der Waals surface area contributed by atoms with E-state index >= 15 is 0 Å². The number of nitrogens with zero attached hydrogens (tertiary/aromatic N) is 1. The van der Waals surface area contributed by atoms with Crippen LogP contribution in [0, 0.1) is 0 Å². The predicted octanol–water partition coefficient (Wildman–Crippen LogP) is 0.532. The molecule has 1 aromatic carbocycles. The highest BCUT2D eigenvalue weighted by atomic mass is 16.3. The lowest BCUT2D eigenvalue weighted by Crippen LogP contribution is -2.52. The van der Waals surface area contributed by atoms with Crippen molar-refractivity contribution in [1.29, 1.82) is 0 Å². The molecule has 1 saturated heterocycles. The van der Waals surface area contributed by atoms with E-state index in [1.807, 2.05) is 6.92 Å². The maximum absolute atomic E-state index is 12.2. The Balaban J connectivity index is 2.26. The van der Waals surface area contributed by atoms with Gasteiger partial charge in [0.1, 0.15) is 11.5 Å². The molecule has 0 bridgehead atoms. The van der Waals surface area contributed by atoms with Crippen molar-refractivity contribution in [2.24, 2.45) is 0 Å². The van der Waals surface area contributed by atoms with Crippen LogP contribution in [0.1, 0.15) is 17.3 Å². The van der Waals surface area contributed by atoms with Gasteiger partial charge in [0.2, 0.25) is 0 Å². The largest absolute Gasteiger partial charge is 0.508 e. The molecule has 1 aromatic rings. The van der Waals surface area contributed by atoms with Gasteiger partial charge in [-0.15, -0.1) is 0 Å². The molecule has 17 heavy (non-hydrogen) atoms. The number of amides is 1. The second-order valence-electron chi connectivity index (χ2n) is 4.25. The molecule has 5 nitrogen and oxygen atoms in total. The lowest BCUT2D eigenvalue weighted by molar-refractivity contribution is 0.0652. The second-order valence-corrected chi connectivity index (χ2v) is 4.25. The summed E-state index contributed by atoms with van der Waals surface area (Å²) in [6, 6.07) is 4.06. The average molecular weight is 236 g/mol. The minimum absolute atomic E-state index is 0.0195. The van der Waals surface area contributed by atoms with Crippen LogP contribution in [0.2, 0.25) is 0 Å². The zero-order valence-corrected chi connectivity index (χ0v) is 9.68. The van der Waals surface area contributed by atoms with E-state index in [1.165, 1.54) is 18.2 Å². The highest BCUT2D eigenvalue weighted by molar-refractivity contribution is 5.97. The summed E-state index contributed by atoms with van der Waals surface area (Å²) in [6.07, 6.45) is 0. The Morgan fingerprint density at radius 2 is 2.24 bits per heavy atom. The molecule has 0 unspecified atom stereocenters. The maximum Gasteiger partial charge on any atom is 0.258 e. The van der Waals surface area contributed by atoms with Crippen LogP contribution in [0.25, 0.3) is 0 Å². The highest BCUT2D eigenvalue weighted by Gasteiger charge is 2.25. The normalized spacial score (nSPS) is 20.3. The lowest BCUT2D eigenvalue weighted by Gasteiger charge is -2.34. The third kappa shape index (κ3) is 2.34. The Labute approximate surface area is 99.7 Å². The van der Waals surface area contributed by atoms with E-state index in [2.05, 4.69) is 5.32 Å². The standard InChI is InChI=1S/C12H16N2O3/c1-8-7-13-4-5-14(8)12(17)10-6-9(15)2-3-11(10)16/h2-3,6,8,13,15-16H,4-5,7H2,1H3/t8-/m1/s1. The molecule has 2 rings (SSSR count). The van der Waals surface area contributed by atoms with Crippen LogP contribution in [0.5, 0.6) is 11.5 Å². The molecule has 1 aliphatic heterocycles. The van der Waals surface area contributed by atoms with Crippen molar-refractivity contribution in [1.82, 2.24) is 10.2 Å². The van der Waals surface area contributed by atoms with E-state index in [9.17, 15) is 15.0 Å². The molecule has 0 saturated carbocycles. The molecule has 1 aliphatic rings. The van der Waals surface area contributed by atoms with Gasteiger partial charge in [-0.05, 0) is 25.1 Å². The third-order valence-corrected chi connectivity index (χ3v) is 2.97. The summed E-state index contributed by atoms with van der Waals surface area (Å²) in [7, 11) is 0. The van der Waals surface area contributed by atoms with Crippen LogP contribution in [0.4, 0.5) is 0 Å². The molecule has 1 atom stereocenters. The smallest absolute Gasteiger partial charge is 0.258 e. The fourth-order valence-electron chi connectivity index (χ4n) is 1.99. The summed E-state index contributed by atoms with van der Waals surface area (Å²) < 4.78 is 0. The van der Waals surface area contributed by atoms with E-state index in [0.717, 1.165) is 13.1 Å². The van der Waals surface area contributed by atoms with E-state index in [4.69, 9.17) is 0 Å². The van der Waals surface area contributed by atoms with Gasteiger partial charge in [-0.2, -0.15) is 0 Å². The number of nitrogens with one attached hydrogen (secondary N) is 1. The maximum atomic E-state index is 12.2. The van der Waals surface area contributed by atoms with Gasteiger partial charge in [0.25, 0.3) is 5.91 Å². The van der Waals surface area contributed by atoms with Crippen molar-refractivity contribution < 1.29 is 15.0 Å². The number of phenols is 2. The van der Waals surface area contributed by atoms with E-state index < -0.39 is 0 Å². The number of hydrogen-bond donors (Lipinski definition) is 3. The minimum atomic E-state index is -0.243. The molecule has 92 valence electrons. The summed E-state index contributed by atoms with van der Waals surface area (Å²) in [5, 5.41) is 22.2. The third-order valence-electron chi connectivity index (χ3n) is 2.97. The van der Waals surface area contributed by atoms with Crippen molar-refractivity contribution in [3.63, 3.8) is 0 Å². The molecule has 0 aliphatic carbocycles. The van der Waals surface area contributed by atoms with Crippen LogP contribution in [0.3, 0.4) is 0 Å². The summed E-state index contributed by atoms with van der Waals surface area (Å²) >= 11 is 0. The molecule has 0 radical (unpaired) electrons. The number of aromatic hydroxyl groups is 2. The van der Waals surface area contributed by atoms with Crippen LogP contribution >= 0.6 is 0 Å². The monoisotopic (exact) mass is 236 g/mol. The minimum Gasteiger partial charge on any atom is -0.508 e. The fraction of sp³-hybridized carbons (Fsp3) is 0.417. The van der Waals surface area contributed by atoms with E-state index in [-0.39, 0.29) is 29.0 Å². The van der Waals surface area contributed by atoms with Gasteiger partial charge in [0, 0.05) is 25.7 Å². The quantitative estimate of drug-likeness (QED) is 0.622. The Morgan fingerprint density at radius 3 is 2.94 bits per heavy atom. The van der Waals surface area contributed by atoms with Crippen molar-refractivity contribution in [3.8, 4) is 11.5 Å². The number of piperazine rings is 1. The molecule has 0 aromatic heterocycles.